The summed E-state index contributed by atoms with van der Waals surface area (Å²) < 4.78 is 0. The molecular formula is C22H26N8S. The number of likely N-dealkylation sites (tertiary alicyclic amines) is 1. The van der Waals surface area contributed by atoms with Gasteiger partial charge in [0.15, 0.2) is 5.13 Å². The monoisotopic (exact) mass is 434 g/mol. The molecule has 0 atom stereocenters. The van der Waals surface area contributed by atoms with Crippen LogP contribution in [0.1, 0.15) is 30.1 Å². The predicted molar refractivity (Wildman–Crippen MR) is 126 cm³/mol. The summed E-state index contributed by atoms with van der Waals surface area (Å²) in [6.45, 7) is 3.18. The summed E-state index contributed by atoms with van der Waals surface area (Å²) in [7, 11) is 0. The van der Waals surface area contributed by atoms with Crippen molar-refractivity contribution >= 4 is 34.2 Å². The van der Waals surface area contributed by atoms with Gasteiger partial charge in [0.1, 0.15) is 5.82 Å². The molecule has 0 radical (unpaired) electrons. The second-order valence-corrected chi connectivity index (χ2v) is 8.27. The molecule has 1 fully saturated rings. The number of hydrazone groups is 1. The molecule has 3 N–H and O–H groups in total. The van der Waals surface area contributed by atoms with Crippen molar-refractivity contribution < 1.29 is 0 Å². The van der Waals surface area contributed by atoms with Crippen LogP contribution in [0, 0.1) is 0 Å². The molecule has 8 nitrogen and oxygen atoms in total. The number of hydrogen-bond donors (Lipinski definition) is 2. The number of nitrogens with one attached hydrogen (secondary N) is 1. The van der Waals surface area contributed by atoms with E-state index in [0.717, 1.165) is 54.0 Å². The van der Waals surface area contributed by atoms with Crippen molar-refractivity contribution in [1.29, 1.82) is 0 Å². The highest BCUT2D eigenvalue weighted by Gasteiger charge is 2.22. The summed E-state index contributed by atoms with van der Waals surface area (Å²) >= 11 is 1.57. The highest BCUT2D eigenvalue weighted by Crippen LogP contribution is 2.28. The fourth-order valence-corrected chi connectivity index (χ4v) is 4.15. The predicted octanol–water partition coefficient (Wildman–Crippen LogP) is 3.44. The first-order valence-corrected chi connectivity index (χ1v) is 11.2. The Kier molecular flexibility index (Phi) is 7.30. The molecule has 0 amide bonds. The molecule has 31 heavy (non-hydrogen) atoms. The molecule has 1 saturated heterocycles. The van der Waals surface area contributed by atoms with Crippen LogP contribution in [0.5, 0.6) is 0 Å². The van der Waals surface area contributed by atoms with E-state index in [2.05, 4.69) is 42.4 Å². The number of hydrogen-bond acceptors (Lipinski definition) is 9. The number of piperidine rings is 1. The summed E-state index contributed by atoms with van der Waals surface area (Å²) in [6.07, 6.45) is 7.42. The van der Waals surface area contributed by atoms with Gasteiger partial charge in [-0.15, -0.1) is 11.3 Å². The van der Waals surface area contributed by atoms with Gasteiger partial charge in [0, 0.05) is 42.1 Å². The molecule has 9 heteroatoms. The Hall–Kier alpha value is -3.17. The van der Waals surface area contributed by atoms with Crippen LogP contribution in [0.2, 0.25) is 0 Å². The maximum Gasteiger partial charge on any atom is 0.188 e. The quantitative estimate of drug-likeness (QED) is 0.320. The van der Waals surface area contributed by atoms with Gasteiger partial charge in [-0.3, -0.25) is 14.9 Å². The second kappa shape index (κ2) is 10.7. The number of nitrogens with zero attached hydrogens (tertiary/aromatic N) is 6. The third-order valence-electron chi connectivity index (χ3n) is 5.21. The Labute approximate surface area is 186 Å². The average molecular weight is 435 g/mol. The van der Waals surface area contributed by atoms with Crippen LogP contribution < -0.4 is 11.2 Å². The lowest BCUT2D eigenvalue weighted by molar-refractivity contribution is 0.237. The van der Waals surface area contributed by atoms with Crippen molar-refractivity contribution in [3.05, 3.63) is 65.6 Å². The fraction of sp³-hybridized carbons (Fsp3) is 0.318. The number of thiazole rings is 1. The minimum atomic E-state index is 0.449. The van der Waals surface area contributed by atoms with E-state index in [0.29, 0.717) is 19.0 Å². The van der Waals surface area contributed by atoms with Crippen molar-refractivity contribution in [3.63, 3.8) is 0 Å². The van der Waals surface area contributed by atoms with Gasteiger partial charge in [-0.2, -0.15) is 5.10 Å². The standard InChI is InChI=1S/C22H26N8S/c23-29-19(15-24-14-18-4-1-2-9-25-18)16-30-11-7-17(8-12-30)20-5-3-6-21(27-20)28-22-26-10-13-31-22/h1-6,9-10,13,15,17H,7-8,11-12,14,16,23H2,(H,26,27,28). The van der Waals surface area contributed by atoms with Gasteiger partial charge in [0.2, 0.25) is 0 Å². The molecule has 4 heterocycles. The lowest BCUT2D eigenvalue weighted by Crippen LogP contribution is -2.37. The van der Waals surface area contributed by atoms with E-state index >= 15 is 0 Å². The van der Waals surface area contributed by atoms with Gasteiger partial charge in [0.25, 0.3) is 0 Å². The molecular weight excluding hydrogens is 408 g/mol. The van der Waals surface area contributed by atoms with E-state index in [-0.39, 0.29) is 0 Å². The van der Waals surface area contributed by atoms with Gasteiger partial charge in [0.05, 0.1) is 18.0 Å². The maximum absolute atomic E-state index is 5.59. The largest absolute Gasteiger partial charge is 0.323 e. The normalized spacial score (nSPS) is 16.1. The summed E-state index contributed by atoms with van der Waals surface area (Å²) in [6, 6.07) is 12.0. The maximum atomic E-state index is 5.59. The van der Waals surface area contributed by atoms with Crippen molar-refractivity contribution in [2.75, 3.05) is 25.0 Å². The number of nitrogens with two attached hydrogens (primary N) is 1. The number of aromatic nitrogens is 3. The van der Waals surface area contributed by atoms with E-state index in [1.165, 1.54) is 0 Å². The first kappa shape index (κ1) is 21.1. The molecule has 0 spiro atoms. The number of pyridine rings is 2. The zero-order valence-electron chi connectivity index (χ0n) is 17.3. The van der Waals surface area contributed by atoms with Crippen molar-refractivity contribution in [1.82, 2.24) is 19.9 Å². The Morgan fingerprint density at radius 1 is 1.16 bits per heavy atom. The minimum absolute atomic E-state index is 0.449. The zero-order valence-corrected chi connectivity index (χ0v) is 18.1. The summed E-state index contributed by atoms with van der Waals surface area (Å²) in [4.78, 5) is 20.1. The second-order valence-electron chi connectivity index (χ2n) is 7.37. The first-order valence-electron chi connectivity index (χ1n) is 10.3. The fourth-order valence-electron chi connectivity index (χ4n) is 3.61. The smallest absolute Gasteiger partial charge is 0.188 e. The van der Waals surface area contributed by atoms with Gasteiger partial charge >= 0.3 is 0 Å². The third kappa shape index (κ3) is 6.16. The lowest BCUT2D eigenvalue weighted by Gasteiger charge is -2.31. The van der Waals surface area contributed by atoms with Crippen LogP contribution in [0.3, 0.4) is 0 Å². The molecule has 0 bridgehead atoms. The van der Waals surface area contributed by atoms with Crippen LogP contribution >= 0.6 is 11.3 Å². The van der Waals surface area contributed by atoms with Gasteiger partial charge < -0.3 is 11.2 Å². The van der Waals surface area contributed by atoms with E-state index in [1.54, 1.807) is 29.9 Å². The lowest BCUT2D eigenvalue weighted by atomic mass is 9.93. The van der Waals surface area contributed by atoms with Gasteiger partial charge in [-0.25, -0.2) is 9.97 Å². The SMILES string of the molecule is NN=C(C=NCc1ccccn1)CN1CCC(c2cccc(Nc3nccs3)n2)CC1. The Morgan fingerprint density at radius 3 is 2.81 bits per heavy atom. The Morgan fingerprint density at radius 2 is 2.06 bits per heavy atom. The molecule has 0 unspecified atom stereocenters. The molecule has 4 rings (SSSR count). The molecule has 0 aliphatic carbocycles. The van der Waals surface area contributed by atoms with Crippen molar-refractivity contribution in [2.45, 2.75) is 25.3 Å². The Bertz CT molecular complexity index is 995. The first-order chi connectivity index (χ1) is 15.3. The minimum Gasteiger partial charge on any atom is -0.323 e. The zero-order chi connectivity index (χ0) is 21.3. The van der Waals surface area contributed by atoms with E-state index in [9.17, 15) is 0 Å². The highest BCUT2D eigenvalue weighted by atomic mass is 32.1. The Balaban J connectivity index is 1.27. The van der Waals surface area contributed by atoms with Crippen LogP contribution in [-0.4, -0.2) is 51.4 Å². The summed E-state index contributed by atoms with van der Waals surface area (Å²) in [5.41, 5.74) is 2.84. The summed E-state index contributed by atoms with van der Waals surface area (Å²) in [5.74, 6) is 6.89. The van der Waals surface area contributed by atoms with Gasteiger partial charge in [-0.1, -0.05) is 12.1 Å². The van der Waals surface area contributed by atoms with Crippen LogP contribution in [-0.2, 0) is 6.54 Å². The molecule has 3 aromatic rings. The van der Waals surface area contributed by atoms with E-state index < -0.39 is 0 Å². The van der Waals surface area contributed by atoms with Gasteiger partial charge in [-0.05, 0) is 50.2 Å². The van der Waals surface area contributed by atoms with Crippen molar-refractivity contribution in [3.8, 4) is 0 Å². The topological polar surface area (TPSA) is 105 Å². The molecule has 160 valence electrons. The average Bonchev–Trinajstić information content (AvgIpc) is 3.33. The molecule has 1 aliphatic heterocycles. The van der Waals surface area contributed by atoms with E-state index in [1.807, 2.05) is 29.6 Å². The van der Waals surface area contributed by atoms with Crippen LogP contribution in [0.25, 0.3) is 0 Å². The third-order valence-corrected chi connectivity index (χ3v) is 5.90. The van der Waals surface area contributed by atoms with Crippen LogP contribution in [0.4, 0.5) is 10.9 Å². The van der Waals surface area contributed by atoms with Crippen molar-refractivity contribution in [2.24, 2.45) is 15.9 Å². The summed E-state index contributed by atoms with van der Waals surface area (Å²) in [5, 5.41) is 10.00. The molecule has 0 aromatic carbocycles. The van der Waals surface area contributed by atoms with E-state index in [4.69, 9.17) is 10.8 Å². The molecule has 3 aromatic heterocycles. The molecule has 0 saturated carbocycles. The highest BCUT2D eigenvalue weighted by molar-refractivity contribution is 7.13. The van der Waals surface area contributed by atoms with Crippen LogP contribution in [0.15, 0.2) is 64.3 Å². The number of rotatable bonds is 8. The number of anilines is 2. The molecule has 1 aliphatic rings. The number of aliphatic imine (C=N–C) groups is 1.